The predicted molar refractivity (Wildman–Crippen MR) is 51.9 cm³/mol. The second-order valence-corrected chi connectivity index (χ2v) is 3.12. The molecule has 0 spiro atoms. The van der Waals surface area contributed by atoms with Crippen LogP contribution < -0.4 is 5.73 Å². The number of nitriles is 1. The van der Waals surface area contributed by atoms with Crippen LogP contribution in [0.3, 0.4) is 0 Å². The summed E-state index contributed by atoms with van der Waals surface area (Å²) in [5.41, 5.74) is 6.48. The summed E-state index contributed by atoms with van der Waals surface area (Å²) < 4.78 is 0. The third-order valence-corrected chi connectivity index (χ3v) is 2.00. The lowest BCUT2D eigenvalue weighted by molar-refractivity contribution is -0.136. The quantitative estimate of drug-likeness (QED) is 0.723. The Bertz CT molecular complexity index is 424. The highest BCUT2D eigenvalue weighted by molar-refractivity contribution is 6.31. The summed E-state index contributed by atoms with van der Waals surface area (Å²) in [4.78, 5) is 10.4. The van der Waals surface area contributed by atoms with Crippen LogP contribution in [0.2, 0.25) is 5.02 Å². The molecule has 0 atom stereocenters. The molecule has 0 aliphatic heterocycles. The Kier molecular flexibility index (Phi) is 2.95. The second kappa shape index (κ2) is 3.99. The molecular weight excluding hydrogens is 204 g/mol. The van der Waals surface area contributed by atoms with Gasteiger partial charge in [-0.3, -0.25) is 4.79 Å². The van der Waals surface area contributed by atoms with Crippen molar-refractivity contribution in [3.8, 4) is 6.07 Å². The lowest BCUT2D eigenvalue weighted by Gasteiger charge is -2.04. The molecule has 0 aliphatic carbocycles. The summed E-state index contributed by atoms with van der Waals surface area (Å²) in [5.74, 6) is -0.988. The minimum absolute atomic E-state index is 0.197. The topological polar surface area (TPSA) is 87.1 Å². The van der Waals surface area contributed by atoms with Crippen molar-refractivity contribution in [3.05, 3.63) is 28.3 Å². The summed E-state index contributed by atoms with van der Waals surface area (Å²) >= 11 is 5.71. The van der Waals surface area contributed by atoms with Crippen molar-refractivity contribution in [1.29, 1.82) is 5.26 Å². The van der Waals surface area contributed by atoms with Crippen molar-refractivity contribution < 1.29 is 9.90 Å². The summed E-state index contributed by atoms with van der Waals surface area (Å²) in [7, 11) is 0. The Morgan fingerprint density at radius 1 is 1.64 bits per heavy atom. The fraction of sp³-hybridized carbons (Fsp3) is 0.111. The van der Waals surface area contributed by atoms with E-state index >= 15 is 0 Å². The number of hydrogen-bond donors (Lipinski definition) is 2. The molecule has 0 saturated carbocycles. The van der Waals surface area contributed by atoms with Crippen molar-refractivity contribution >= 4 is 23.3 Å². The molecular formula is C9H7ClN2O2. The Hall–Kier alpha value is -1.73. The number of nitrogens with zero attached hydrogens (tertiary/aromatic N) is 1. The van der Waals surface area contributed by atoms with Crippen LogP contribution in [-0.2, 0) is 11.2 Å². The zero-order chi connectivity index (χ0) is 10.7. The zero-order valence-electron chi connectivity index (χ0n) is 7.12. The fourth-order valence-electron chi connectivity index (χ4n) is 1.03. The molecule has 0 amide bonds. The van der Waals surface area contributed by atoms with Crippen molar-refractivity contribution in [1.82, 2.24) is 0 Å². The van der Waals surface area contributed by atoms with Gasteiger partial charge in [0, 0.05) is 5.69 Å². The Morgan fingerprint density at radius 2 is 2.29 bits per heavy atom. The van der Waals surface area contributed by atoms with Crippen LogP contribution in [0.15, 0.2) is 12.1 Å². The largest absolute Gasteiger partial charge is 0.481 e. The van der Waals surface area contributed by atoms with Gasteiger partial charge in [-0.1, -0.05) is 11.6 Å². The first-order valence-electron chi connectivity index (χ1n) is 3.74. The lowest BCUT2D eigenvalue weighted by atomic mass is 10.1. The number of nitrogens with two attached hydrogens (primary N) is 1. The van der Waals surface area contributed by atoms with E-state index in [9.17, 15) is 4.79 Å². The maximum Gasteiger partial charge on any atom is 0.307 e. The number of rotatable bonds is 2. The fourth-order valence-corrected chi connectivity index (χ4v) is 1.26. The molecule has 0 aromatic heterocycles. The zero-order valence-corrected chi connectivity index (χ0v) is 7.88. The van der Waals surface area contributed by atoms with Gasteiger partial charge in [0.2, 0.25) is 0 Å². The minimum Gasteiger partial charge on any atom is -0.481 e. The molecule has 0 saturated heterocycles. The first kappa shape index (κ1) is 10.4. The summed E-state index contributed by atoms with van der Waals surface area (Å²) in [6.07, 6.45) is -0.197. The molecule has 0 radical (unpaired) electrons. The van der Waals surface area contributed by atoms with Gasteiger partial charge < -0.3 is 10.8 Å². The first-order chi connectivity index (χ1) is 6.54. The van der Waals surface area contributed by atoms with Crippen LogP contribution in [0.4, 0.5) is 5.69 Å². The Balaban J connectivity index is 3.16. The molecule has 0 heterocycles. The van der Waals surface area contributed by atoms with Crippen molar-refractivity contribution in [3.63, 3.8) is 0 Å². The highest BCUT2D eigenvalue weighted by Crippen LogP contribution is 2.23. The van der Waals surface area contributed by atoms with E-state index in [2.05, 4.69) is 0 Å². The smallest absolute Gasteiger partial charge is 0.307 e. The summed E-state index contributed by atoms with van der Waals surface area (Å²) in [6.45, 7) is 0. The first-order valence-corrected chi connectivity index (χ1v) is 4.12. The molecule has 14 heavy (non-hydrogen) atoms. The van der Waals surface area contributed by atoms with E-state index in [1.807, 2.05) is 6.07 Å². The third-order valence-electron chi connectivity index (χ3n) is 1.69. The van der Waals surface area contributed by atoms with Crippen LogP contribution in [0.5, 0.6) is 0 Å². The molecule has 72 valence electrons. The number of carbonyl (C=O) groups is 1. The van der Waals surface area contributed by atoms with Crippen LogP contribution in [-0.4, -0.2) is 11.1 Å². The van der Waals surface area contributed by atoms with E-state index in [-0.39, 0.29) is 22.7 Å². The van der Waals surface area contributed by atoms with Gasteiger partial charge in [-0.2, -0.15) is 5.26 Å². The van der Waals surface area contributed by atoms with Crippen molar-refractivity contribution in [2.75, 3.05) is 5.73 Å². The number of anilines is 1. The molecule has 1 rings (SSSR count). The van der Waals surface area contributed by atoms with Gasteiger partial charge in [0.05, 0.1) is 17.0 Å². The molecule has 0 aliphatic rings. The van der Waals surface area contributed by atoms with E-state index in [1.54, 1.807) is 0 Å². The van der Waals surface area contributed by atoms with Crippen molar-refractivity contribution in [2.45, 2.75) is 6.42 Å². The molecule has 4 nitrogen and oxygen atoms in total. The van der Waals surface area contributed by atoms with Gasteiger partial charge in [0.1, 0.15) is 6.07 Å². The SMILES string of the molecule is N#Cc1cc(N)c(CC(=O)O)cc1Cl. The molecule has 0 fully saturated rings. The maximum absolute atomic E-state index is 10.4. The highest BCUT2D eigenvalue weighted by Gasteiger charge is 2.08. The number of carboxylic acids is 1. The molecule has 1 aromatic carbocycles. The highest BCUT2D eigenvalue weighted by atomic mass is 35.5. The van der Waals surface area contributed by atoms with Gasteiger partial charge in [-0.05, 0) is 17.7 Å². The Labute approximate surface area is 85.5 Å². The number of halogens is 1. The van der Waals surface area contributed by atoms with Crippen LogP contribution >= 0.6 is 11.6 Å². The van der Waals surface area contributed by atoms with Gasteiger partial charge in [0.25, 0.3) is 0 Å². The number of benzene rings is 1. The normalized spacial score (nSPS) is 9.43. The van der Waals surface area contributed by atoms with Crippen molar-refractivity contribution in [2.24, 2.45) is 0 Å². The van der Waals surface area contributed by atoms with E-state index in [0.29, 0.717) is 5.56 Å². The van der Waals surface area contributed by atoms with Gasteiger partial charge in [-0.25, -0.2) is 0 Å². The lowest BCUT2D eigenvalue weighted by Crippen LogP contribution is -2.04. The van der Waals surface area contributed by atoms with Gasteiger partial charge in [-0.15, -0.1) is 0 Å². The van der Waals surface area contributed by atoms with Gasteiger partial charge >= 0.3 is 5.97 Å². The summed E-state index contributed by atoms with van der Waals surface area (Å²) in [6, 6.07) is 4.64. The van der Waals surface area contributed by atoms with Crippen LogP contribution in [0, 0.1) is 11.3 Å². The minimum atomic E-state index is -0.988. The molecule has 0 bridgehead atoms. The second-order valence-electron chi connectivity index (χ2n) is 2.71. The van der Waals surface area contributed by atoms with E-state index < -0.39 is 5.97 Å². The standard InChI is InChI=1S/C9H7ClN2O2/c10-7-1-5(3-9(13)14)8(12)2-6(7)4-11/h1-2H,3,12H2,(H,13,14). The monoisotopic (exact) mass is 210 g/mol. The van der Waals surface area contributed by atoms with E-state index in [1.165, 1.54) is 12.1 Å². The number of aliphatic carboxylic acids is 1. The van der Waals surface area contributed by atoms with Gasteiger partial charge in [0.15, 0.2) is 0 Å². The average Bonchev–Trinajstić information content (AvgIpc) is 2.10. The number of nitrogen functional groups attached to an aromatic ring is 1. The molecule has 1 aromatic rings. The molecule has 5 heteroatoms. The van der Waals surface area contributed by atoms with Crippen LogP contribution in [0.25, 0.3) is 0 Å². The average molecular weight is 211 g/mol. The Morgan fingerprint density at radius 3 is 2.79 bits per heavy atom. The summed E-state index contributed by atoms with van der Waals surface area (Å²) in [5, 5.41) is 17.4. The van der Waals surface area contributed by atoms with E-state index in [0.717, 1.165) is 0 Å². The predicted octanol–water partition coefficient (Wildman–Crippen LogP) is 1.42. The maximum atomic E-state index is 10.4. The number of carboxylic acid groups (broad SMARTS) is 1. The molecule has 3 N–H and O–H groups in total. The number of hydrogen-bond acceptors (Lipinski definition) is 3. The third kappa shape index (κ3) is 2.15. The van der Waals surface area contributed by atoms with E-state index in [4.69, 9.17) is 27.7 Å². The van der Waals surface area contributed by atoms with Crippen LogP contribution in [0.1, 0.15) is 11.1 Å². The molecule has 0 unspecified atom stereocenters.